The van der Waals surface area contributed by atoms with E-state index in [4.69, 9.17) is 27.6 Å². The number of halogens is 2. The van der Waals surface area contributed by atoms with E-state index in [1.54, 1.807) is 30.3 Å². The van der Waals surface area contributed by atoms with Gasteiger partial charge in [0.25, 0.3) is 5.91 Å². The average molecular weight is 373 g/mol. The van der Waals surface area contributed by atoms with Crippen molar-refractivity contribution in [1.82, 2.24) is 5.43 Å². The summed E-state index contributed by atoms with van der Waals surface area (Å²) < 4.78 is 5.67. The van der Waals surface area contributed by atoms with Gasteiger partial charge in [-0.05, 0) is 48.9 Å². The number of carbonyl (C=O) groups is 1. The van der Waals surface area contributed by atoms with Gasteiger partial charge in [-0.2, -0.15) is 5.10 Å². The molecule has 3 rings (SSSR count). The molecule has 1 heterocycles. The summed E-state index contributed by atoms with van der Waals surface area (Å²) in [5.74, 6) is 0.831. The Morgan fingerprint density at radius 2 is 1.96 bits per heavy atom. The molecule has 3 aromatic rings. The van der Waals surface area contributed by atoms with E-state index in [0.717, 1.165) is 11.1 Å². The van der Waals surface area contributed by atoms with E-state index in [1.807, 2.05) is 31.2 Å². The number of furan rings is 1. The molecule has 2 aromatic carbocycles. The molecule has 0 saturated carbocycles. The first-order valence-electron chi connectivity index (χ1n) is 7.48. The van der Waals surface area contributed by atoms with E-state index < -0.39 is 0 Å². The molecule has 0 aliphatic rings. The number of amides is 1. The lowest BCUT2D eigenvalue weighted by Crippen LogP contribution is -2.17. The Balaban J connectivity index is 1.66. The third-order valence-corrected chi connectivity index (χ3v) is 4.17. The number of aryl methyl sites for hydroxylation is 1. The molecule has 1 N–H and O–H groups in total. The molecule has 0 spiro atoms. The van der Waals surface area contributed by atoms with Crippen LogP contribution in [-0.2, 0) is 0 Å². The predicted molar refractivity (Wildman–Crippen MR) is 100 cm³/mol. The van der Waals surface area contributed by atoms with Crippen LogP contribution in [0.25, 0.3) is 11.3 Å². The largest absolute Gasteiger partial charge is 0.455 e. The van der Waals surface area contributed by atoms with Gasteiger partial charge >= 0.3 is 0 Å². The monoisotopic (exact) mass is 372 g/mol. The van der Waals surface area contributed by atoms with Gasteiger partial charge in [0.2, 0.25) is 0 Å². The van der Waals surface area contributed by atoms with Crippen molar-refractivity contribution in [3.05, 3.63) is 81.5 Å². The lowest BCUT2D eigenvalue weighted by atomic mass is 10.1. The summed E-state index contributed by atoms with van der Waals surface area (Å²) in [7, 11) is 0. The van der Waals surface area contributed by atoms with Gasteiger partial charge < -0.3 is 4.42 Å². The van der Waals surface area contributed by atoms with E-state index >= 15 is 0 Å². The van der Waals surface area contributed by atoms with Crippen LogP contribution in [0.5, 0.6) is 0 Å². The van der Waals surface area contributed by atoms with Gasteiger partial charge in [0.1, 0.15) is 11.5 Å². The number of rotatable bonds is 4. The highest BCUT2D eigenvalue weighted by Gasteiger charge is 2.07. The highest BCUT2D eigenvalue weighted by Crippen LogP contribution is 2.24. The minimum atomic E-state index is -0.347. The Labute approximate surface area is 155 Å². The van der Waals surface area contributed by atoms with Gasteiger partial charge in [-0.15, -0.1) is 0 Å². The van der Waals surface area contributed by atoms with Crippen molar-refractivity contribution < 1.29 is 9.21 Å². The highest BCUT2D eigenvalue weighted by atomic mass is 35.5. The first kappa shape index (κ1) is 17.3. The molecule has 0 radical (unpaired) electrons. The Morgan fingerprint density at radius 1 is 1.12 bits per heavy atom. The molecule has 126 valence electrons. The zero-order valence-corrected chi connectivity index (χ0v) is 14.8. The number of benzene rings is 2. The summed E-state index contributed by atoms with van der Waals surface area (Å²) in [5, 5.41) is 5.08. The van der Waals surface area contributed by atoms with Crippen molar-refractivity contribution in [2.24, 2.45) is 5.10 Å². The van der Waals surface area contributed by atoms with Crippen LogP contribution in [0.3, 0.4) is 0 Å². The van der Waals surface area contributed by atoms with E-state index in [9.17, 15) is 4.79 Å². The molecule has 6 heteroatoms. The van der Waals surface area contributed by atoms with Gasteiger partial charge in [0.05, 0.1) is 6.21 Å². The van der Waals surface area contributed by atoms with Gasteiger partial charge in [0.15, 0.2) is 0 Å². The molecular weight excluding hydrogens is 359 g/mol. The second-order valence-corrected chi connectivity index (χ2v) is 6.22. The molecule has 1 amide bonds. The molecule has 4 nitrogen and oxygen atoms in total. The van der Waals surface area contributed by atoms with Crippen LogP contribution in [-0.4, -0.2) is 12.1 Å². The zero-order valence-electron chi connectivity index (χ0n) is 13.3. The molecule has 0 unspecified atom stereocenters. The van der Waals surface area contributed by atoms with Crippen molar-refractivity contribution in [2.45, 2.75) is 6.92 Å². The van der Waals surface area contributed by atoms with Crippen LogP contribution < -0.4 is 5.43 Å². The maximum atomic E-state index is 12.0. The summed E-state index contributed by atoms with van der Waals surface area (Å²) in [4.78, 5) is 12.0. The van der Waals surface area contributed by atoms with Crippen LogP contribution in [0, 0.1) is 6.92 Å². The number of nitrogens with one attached hydrogen (secondary N) is 1. The minimum absolute atomic E-state index is 0.347. The predicted octanol–water partition coefficient (Wildman–Crippen LogP) is 5.33. The van der Waals surface area contributed by atoms with E-state index in [2.05, 4.69) is 10.5 Å². The fraction of sp³-hybridized carbons (Fsp3) is 0.0526. The highest BCUT2D eigenvalue weighted by molar-refractivity contribution is 6.31. The summed E-state index contributed by atoms with van der Waals surface area (Å²) in [6.07, 6.45) is 1.43. The van der Waals surface area contributed by atoms with Gasteiger partial charge in [-0.3, -0.25) is 4.79 Å². The van der Waals surface area contributed by atoms with Gasteiger partial charge in [-0.1, -0.05) is 41.4 Å². The summed E-state index contributed by atoms with van der Waals surface area (Å²) in [5.41, 5.74) is 4.65. The first-order valence-corrected chi connectivity index (χ1v) is 8.24. The molecule has 1 aromatic heterocycles. The fourth-order valence-electron chi connectivity index (χ4n) is 2.17. The number of hydrogen-bond donors (Lipinski definition) is 1. The molecule has 0 atom stereocenters. The van der Waals surface area contributed by atoms with Crippen molar-refractivity contribution in [2.75, 3.05) is 0 Å². The summed E-state index contributed by atoms with van der Waals surface area (Å²) >= 11 is 12.0. The fourth-order valence-corrected chi connectivity index (χ4v) is 2.54. The lowest BCUT2D eigenvalue weighted by molar-refractivity contribution is 0.0955. The Kier molecular flexibility index (Phi) is 5.22. The third-order valence-electron chi connectivity index (χ3n) is 3.53. The normalized spacial score (nSPS) is 11.0. The van der Waals surface area contributed by atoms with Crippen LogP contribution in [0.1, 0.15) is 21.7 Å². The molecular formula is C19H14Cl2N2O2. The molecule has 0 aliphatic heterocycles. The second-order valence-electron chi connectivity index (χ2n) is 5.38. The van der Waals surface area contributed by atoms with Crippen LogP contribution in [0.2, 0.25) is 10.0 Å². The molecule has 0 bridgehead atoms. The van der Waals surface area contributed by atoms with Crippen molar-refractivity contribution in [3.8, 4) is 11.3 Å². The van der Waals surface area contributed by atoms with Crippen LogP contribution in [0.4, 0.5) is 0 Å². The Morgan fingerprint density at radius 3 is 2.72 bits per heavy atom. The van der Waals surface area contributed by atoms with Gasteiger partial charge in [-0.25, -0.2) is 5.43 Å². The number of nitrogens with zero attached hydrogens (tertiary/aromatic N) is 1. The minimum Gasteiger partial charge on any atom is -0.455 e. The topological polar surface area (TPSA) is 54.6 Å². The van der Waals surface area contributed by atoms with Crippen LogP contribution >= 0.6 is 23.2 Å². The van der Waals surface area contributed by atoms with Crippen LogP contribution in [0.15, 0.2) is 64.1 Å². The van der Waals surface area contributed by atoms with Crippen molar-refractivity contribution in [1.29, 1.82) is 0 Å². The SMILES string of the molecule is Cc1ccc(C(=O)N/N=C\c2ccc(-c3cccc(Cl)c3)o2)cc1Cl. The summed E-state index contributed by atoms with van der Waals surface area (Å²) in [6.45, 7) is 1.87. The maximum absolute atomic E-state index is 12.0. The third kappa shape index (κ3) is 4.29. The average Bonchev–Trinajstić information content (AvgIpc) is 3.06. The van der Waals surface area contributed by atoms with Crippen molar-refractivity contribution >= 4 is 35.3 Å². The second kappa shape index (κ2) is 7.55. The standard InChI is InChI=1S/C19H14Cl2N2O2/c1-12-5-6-14(10-17(12)21)19(24)23-22-11-16-7-8-18(25-16)13-3-2-4-15(20)9-13/h2-11H,1H3,(H,23,24)/b22-11-. The van der Waals surface area contributed by atoms with E-state index in [0.29, 0.717) is 27.1 Å². The Bertz CT molecular complexity index is 948. The number of hydrazone groups is 1. The molecule has 0 saturated heterocycles. The smallest absolute Gasteiger partial charge is 0.271 e. The zero-order chi connectivity index (χ0) is 17.8. The van der Waals surface area contributed by atoms with Crippen molar-refractivity contribution in [3.63, 3.8) is 0 Å². The van der Waals surface area contributed by atoms with E-state index in [1.165, 1.54) is 6.21 Å². The molecule has 0 aliphatic carbocycles. The maximum Gasteiger partial charge on any atom is 0.271 e. The first-order chi connectivity index (χ1) is 12.0. The molecule has 0 fully saturated rings. The molecule has 25 heavy (non-hydrogen) atoms. The number of hydrogen-bond acceptors (Lipinski definition) is 3. The lowest BCUT2D eigenvalue weighted by Gasteiger charge is -2.02. The van der Waals surface area contributed by atoms with E-state index in [-0.39, 0.29) is 5.91 Å². The van der Waals surface area contributed by atoms with Gasteiger partial charge in [0, 0.05) is 21.2 Å². The summed E-state index contributed by atoms with van der Waals surface area (Å²) in [6, 6.07) is 16.0. The quantitative estimate of drug-likeness (QED) is 0.497. The Hall–Kier alpha value is -2.56. The number of carbonyl (C=O) groups excluding carboxylic acids is 1.